The van der Waals surface area contributed by atoms with E-state index in [1.807, 2.05) is 23.1 Å². The van der Waals surface area contributed by atoms with Crippen LogP contribution >= 0.6 is 23.4 Å². The van der Waals surface area contributed by atoms with E-state index < -0.39 is 0 Å². The minimum absolute atomic E-state index is 0.181. The predicted molar refractivity (Wildman–Crippen MR) is 121 cm³/mol. The molecule has 3 rings (SSSR count). The molecule has 8 heteroatoms. The molecule has 0 aliphatic carbocycles. The summed E-state index contributed by atoms with van der Waals surface area (Å²) in [7, 11) is 0. The number of aromatic nitrogens is 3. The fourth-order valence-electron chi connectivity index (χ4n) is 3.91. The lowest BCUT2D eigenvalue weighted by atomic mass is 10.0. The number of likely N-dealkylation sites (tertiary alicyclic amines) is 1. The van der Waals surface area contributed by atoms with Gasteiger partial charge in [-0.3, -0.25) is 4.79 Å². The van der Waals surface area contributed by atoms with Crippen molar-refractivity contribution in [1.82, 2.24) is 19.7 Å². The van der Waals surface area contributed by atoms with Crippen molar-refractivity contribution in [3.8, 4) is 5.75 Å². The fourth-order valence-corrected chi connectivity index (χ4v) is 5.01. The molecule has 1 unspecified atom stereocenters. The summed E-state index contributed by atoms with van der Waals surface area (Å²) in [6.45, 7) is 7.59. The van der Waals surface area contributed by atoms with Gasteiger partial charge in [0.15, 0.2) is 11.0 Å². The summed E-state index contributed by atoms with van der Waals surface area (Å²) in [6, 6.07) is 7.99. The Hall–Kier alpha value is -1.73. The van der Waals surface area contributed by atoms with Crippen LogP contribution in [0.15, 0.2) is 29.4 Å². The third kappa shape index (κ3) is 5.49. The first-order valence-electron chi connectivity index (χ1n) is 10.8. The van der Waals surface area contributed by atoms with Gasteiger partial charge >= 0.3 is 0 Å². The summed E-state index contributed by atoms with van der Waals surface area (Å²) in [5, 5.41) is 10.1. The Bertz CT molecular complexity index is 840. The molecular weight excluding hydrogens is 420 g/mol. The van der Waals surface area contributed by atoms with Crippen molar-refractivity contribution in [2.75, 3.05) is 12.3 Å². The van der Waals surface area contributed by atoms with Gasteiger partial charge in [0.2, 0.25) is 5.91 Å². The Kier molecular flexibility index (Phi) is 8.45. The molecule has 1 fully saturated rings. The third-order valence-electron chi connectivity index (χ3n) is 5.68. The van der Waals surface area contributed by atoms with Crippen molar-refractivity contribution in [2.45, 2.75) is 76.7 Å². The monoisotopic (exact) mass is 450 g/mol. The summed E-state index contributed by atoms with van der Waals surface area (Å²) in [4.78, 5) is 14.8. The van der Waals surface area contributed by atoms with E-state index in [9.17, 15) is 4.79 Å². The van der Waals surface area contributed by atoms with Crippen LogP contribution in [0.5, 0.6) is 5.75 Å². The zero-order chi connectivity index (χ0) is 21.5. The van der Waals surface area contributed by atoms with Crippen molar-refractivity contribution < 1.29 is 9.53 Å². The van der Waals surface area contributed by atoms with Crippen LogP contribution in [0.3, 0.4) is 0 Å². The number of para-hydroxylation sites is 1. The van der Waals surface area contributed by atoms with Crippen LogP contribution in [0.4, 0.5) is 0 Å². The molecule has 1 amide bonds. The van der Waals surface area contributed by atoms with E-state index in [-0.39, 0.29) is 18.6 Å². The van der Waals surface area contributed by atoms with Crippen molar-refractivity contribution in [2.24, 2.45) is 0 Å². The molecule has 1 aliphatic rings. The lowest BCUT2D eigenvalue weighted by Crippen LogP contribution is -2.43. The van der Waals surface area contributed by atoms with Crippen LogP contribution in [0.2, 0.25) is 5.02 Å². The van der Waals surface area contributed by atoms with Gasteiger partial charge in [0.1, 0.15) is 12.4 Å². The molecule has 6 nitrogen and oxygen atoms in total. The van der Waals surface area contributed by atoms with E-state index in [4.69, 9.17) is 16.3 Å². The lowest BCUT2D eigenvalue weighted by molar-refractivity contribution is -0.131. The first kappa shape index (κ1) is 22.9. The zero-order valence-corrected chi connectivity index (χ0v) is 19.6. The van der Waals surface area contributed by atoms with Gasteiger partial charge in [-0.2, -0.15) is 0 Å². The second-order valence-electron chi connectivity index (χ2n) is 7.68. The van der Waals surface area contributed by atoms with Crippen molar-refractivity contribution in [1.29, 1.82) is 0 Å². The number of nitrogens with zero attached hydrogens (tertiary/aromatic N) is 4. The van der Waals surface area contributed by atoms with Crippen LogP contribution in [-0.4, -0.2) is 43.9 Å². The van der Waals surface area contributed by atoms with E-state index >= 15 is 0 Å². The second kappa shape index (κ2) is 11.0. The summed E-state index contributed by atoms with van der Waals surface area (Å²) < 4.78 is 8.04. The molecule has 2 aromatic rings. The number of halogens is 1. The van der Waals surface area contributed by atoms with E-state index in [2.05, 4.69) is 35.5 Å². The molecular formula is C22H31ClN4O2S. The SMILES string of the molecule is CCC(CC)n1c(COc2ccccc2Cl)nnc1SCC(=O)N1CCCCC1C. The highest BCUT2D eigenvalue weighted by molar-refractivity contribution is 7.99. The Labute approximate surface area is 188 Å². The van der Waals surface area contributed by atoms with Gasteiger partial charge in [-0.1, -0.05) is 49.3 Å². The average Bonchev–Trinajstić information content (AvgIpc) is 3.15. The molecule has 1 saturated heterocycles. The standard InChI is InChI=1S/C22H31ClN4O2S/c1-4-17(5-2)27-20(14-29-19-12-7-6-11-18(19)23)24-25-22(27)30-15-21(28)26-13-9-8-10-16(26)3/h6-7,11-12,16-17H,4-5,8-10,13-15H2,1-3H3. The highest BCUT2D eigenvalue weighted by atomic mass is 35.5. The molecule has 0 spiro atoms. The second-order valence-corrected chi connectivity index (χ2v) is 9.03. The maximum atomic E-state index is 12.8. The first-order chi connectivity index (χ1) is 14.5. The Morgan fingerprint density at radius 3 is 2.73 bits per heavy atom. The number of thioether (sulfide) groups is 1. The highest BCUT2D eigenvalue weighted by Crippen LogP contribution is 2.29. The zero-order valence-electron chi connectivity index (χ0n) is 18.0. The smallest absolute Gasteiger partial charge is 0.233 e. The number of hydrogen-bond donors (Lipinski definition) is 0. The maximum absolute atomic E-state index is 12.8. The van der Waals surface area contributed by atoms with Crippen LogP contribution in [-0.2, 0) is 11.4 Å². The fraction of sp³-hybridized carbons (Fsp3) is 0.591. The summed E-state index contributed by atoms with van der Waals surface area (Å²) in [6.07, 6.45) is 5.30. The number of benzene rings is 1. The third-order valence-corrected chi connectivity index (χ3v) is 6.92. The number of ether oxygens (including phenoxy) is 1. The summed E-state index contributed by atoms with van der Waals surface area (Å²) in [5.74, 6) is 1.94. The molecule has 0 saturated carbocycles. The molecule has 1 atom stereocenters. The van der Waals surface area contributed by atoms with E-state index in [0.29, 0.717) is 22.6 Å². The van der Waals surface area contributed by atoms with Gasteiger partial charge in [0.05, 0.1) is 10.8 Å². The molecule has 0 radical (unpaired) electrons. The number of amides is 1. The maximum Gasteiger partial charge on any atom is 0.233 e. The van der Waals surface area contributed by atoms with Crippen LogP contribution in [0.25, 0.3) is 0 Å². The highest BCUT2D eigenvalue weighted by Gasteiger charge is 2.25. The number of carbonyl (C=O) groups is 1. The number of hydrogen-bond acceptors (Lipinski definition) is 5. The minimum Gasteiger partial charge on any atom is -0.484 e. The summed E-state index contributed by atoms with van der Waals surface area (Å²) in [5.41, 5.74) is 0. The Morgan fingerprint density at radius 2 is 2.03 bits per heavy atom. The molecule has 30 heavy (non-hydrogen) atoms. The molecule has 1 aromatic heterocycles. The van der Waals surface area contributed by atoms with Crippen molar-refractivity contribution in [3.05, 3.63) is 35.1 Å². The topological polar surface area (TPSA) is 60.2 Å². The number of carbonyl (C=O) groups excluding carboxylic acids is 1. The van der Waals surface area contributed by atoms with E-state index in [1.165, 1.54) is 18.2 Å². The van der Waals surface area contributed by atoms with Crippen molar-refractivity contribution in [3.63, 3.8) is 0 Å². The van der Waals surface area contributed by atoms with Gasteiger partial charge in [-0.05, 0) is 51.2 Å². The summed E-state index contributed by atoms with van der Waals surface area (Å²) >= 11 is 7.68. The largest absolute Gasteiger partial charge is 0.484 e. The number of piperidine rings is 1. The van der Waals surface area contributed by atoms with Gasteiger partial charge in [-0.15, -0.1) is 10.2 Å². The molecule has 1 aliphatic heterocycles. The van der Waals surface area contributed by atoms with Crippen LogP contribution in [0, 0.1) is 0 Å². The van der Waals surface area contributed by atoms with Crippen LogP contribution in [0.1, 0.15) is 64.7 Å². The molecule has 2 heterocycles. The molecule has 164 valence electrons. The average molecular weight is 451 g/mol. The van der Waals surface area contributed by atoms with Gasteiger partial charge in [0.25, 0.3) is 0 Å². The van der Waals surface area contributed by atoms with E-state index in [1.54, 1.807) is 6.07 Å². The number of rotatable bonds is 9. The predicted octanol–water partition coefficient (Wildman–Crippen LogP) is 5.36. The van der Waals surface area contributed by atoms with Gasteiger partial charge in [0, 0.05) is 18.6 Å². The lowest BCUT2D eigenvalue weighted by Gasteiger charge is -2.33. The van der Waals surface area contributed by atoms with Crippen LogP contribution < -0.4 is 4.74 Å². The Morgan fingerprint density at radius 1 is 1.27 bits per heavy atom. The van der Waals surface area contributed by atoms with Crippen molar-refractivity contribution >= 4 is 29.3 Å². The molecule has 0 bridgehead atoms. The normalized spacial score (nSPS) is 16.8. The Balaban J connectivity index is 1.72. The van der Waals surface area contributed by atoms with E-state index in [0.717, 1.165) is 43.2 Å². The molecule has 1 aromatic carbocycles. The van der Waals surface area contributed by atoms with Gasteiger partial charge < -0.3 is 14.2 Å². The quantitative estimate of drug-likeness (QED) is 0.481. The first-order valence-corrected chi connectivity index (χ1v) is 12.1. The van der Waals surface area contributed by atoms with Gasteiger partial charge in [-0.25, -0.2) is 0 Å². The minimum atomic E-state index is 0.181. The molecule has 0 N–H and O–H groups in total.